The number of nitrogens with one attached hydrogen (secondary N) is 1. The third kappa shape index (κ3) is 7.38. The molecule has 0 heterocycles. The number of rotatable bonds is 11. The standard InChI is InChI=1S/C30H25F3N2O4/c31-22-15-23(32)28(24(33)16-22)30(37)35-25(29(34)36)13-21-11-12-26(38-17-19-7-3-1-4-8-19)27(14-21)39-18-20-9-5-2-6-10-20/h1-12,14-16,25H,13,17-18H2,(H2,34,36)(H,35,37)/t25-/m0/s1. The maximum absolute atomic E-state index is 14.1. The zero-order chi connectivity index (χ0) is 27.8. The highest BCUT2D eigenvalue weighted by Crippen LogP contribution is 2.31. The van der Waals surface area contributed by atoms with Crippen LogP contribution in [0.4, 0.5) is 13.2 Å². The van der Waals surface area contributed by atoms with Crippen LogP contribution in [-0.2, 0) is 24.4 Å². The maximum Gasteiger partial charge on any atom is 0.257 e. The Balaban J connectivity index is 1.54. The highest BCUT2D eigenvalue weighted by molar-refractivity contribution is 5.97. The van der Waals surface area contributed by atoms with E-state index in [1.807, 2.05) is 60.7 Å². The normalized spacial score (nSPS) is 11.5. The third-order valence-electron chi connectivity index (χ3n) is 5.80. The second kappa shape index (κ2) is 12.6. The monoisotopic (exact) mass is 534 g/mol. The summed E-state index contributed by atoms with van der Waals surface area (Å²) in [6.45, 7) is 0.530. The van der Waals surface area contributed by atoms with Gasteiger partial charge in [-0.25, -0.2) is 13.2 Å². The smallest absolute Gasteiger partial charge is 0.257 e. The topological polar surface area (TPSA) is 90.7 Å². The summed E-state index contributed by atoms with van der Waals surface area (Å²) in [7, 11) is 0. The van der Waals surface area contributed by atoms with E-state index in [1.54, 1.807) is 18.2 Å². The van der Waals surface area contributed by atoms with Crippen molar-refractivity contribution in [2.24, 2.45) is 5.73 Å². The molecule has 4 rings (SSSR count). The Hall–Kier alpha value is -4.79. The van der Waals surface area contributed by atoms with Gasteiger partial charge in [-0.1, -0.05) is 66.7 Å². The molecule has 1 atom stereocenters. The van der Waals surface area contributed by atoms with Gasteiger partial charge < -0.3 is 20.5 Å². The Morgan fingerprint density at radius 3 is 1.79 bits per heavy atom. The van der Waals surface area contributed by atoms with Crippen molar-refractivity contribution in [1.29, 1.82) is 0 Å². The van der Waals surface area contributed by atoms with Crippen molar-refractivity contribution in [3.63, 3.8) is 0 Å². The van der Waals surface area contributed by atoms with Gasteiger partial charge in [0, 0.05) is 18.6 Å². The van der Waals surface area contributed by atoms with Crippen LogP contribution in [0.3, 0.4) is 0 Å². The number of carbonyl (C=O) groups is 2. The molecule has 0 saturated heterocycles. The van der Waals surface area contributed by atoms with Crippen LogP contribution in [0, 0.1) is 17.5 Å². The second-order valence-electron chi connectivity index (χ2n) is 8.71. The first-order valence-corrected chi connectivity index (χ1v) is 12.0. The molecule has 39 heavy (non-hydrogen) atoms. The molecular weight excluding hydrogens is 509 g/mol. The van der Waals surface area contributed by atoms with Crippen molar-refractivity contribution in [3.8, 4) is 11.5 Å². The summed E-state index contributed by atoms with van der Waals surface area (Å²) < 4.78 is 53.4. The summed E-state index contributed by atoms with van der Waals surface area (Å²) in [6, 6.07) is 23.4. The minimum absolute atomic E-state index is 0.105. The second-order valence-corrected chi connectivity index (χ2v) is 8.71. The molecule has 9 heteroatoms. The first-order valence-electron chi connectivity index (χ1n) is 12.0. The molecule has 0 aromatic heterocycles. The first kappa shape index (κ1) is 27.3. The van der Waals surface area contributed by atoms with Crippen LogP contribution in [0.1, 0.15) is 27.0 Å². The van der Waals surface area contributed by atoms with Gasteiger partial charge in [0.1, 0.15) is 42.3 Å². The molecule has 2 amide bonds. The number of primary amides is 1. The van der Waals surface area contributed by atoms with Crippen LogP contribution in [-0.4, -0.2) is 17.9 Å². The molecule has 0 aliphatic rings. The zero-order valence-electron chi connectivity index (χ0n) is 20.7. The summed E-state index contributed by atoms with van der Waals surface area (Å²) in [5.41, 5.74) is 6.86. The van der Waals surface area contributed by atoms with Crippen molar-refractivity contribution in [2.45, 2.75) is 25.7 Å². The van der Waals surface area contributed by atoms with Crippen LogP contribution in [0.5, 0.6) is 11.5 Å². The van der Waals surface area contributed by atoms with Gasteiger partial charge in [-0.15, -0.1) is 0 Å². The van der Waals surface area contributed by atoms with E-state index in [2.05, 4.69) is 5.32 Å². The molecule has 0 bridgehead atoms. The van der Waals surface area contributed by atoms with E-state index in [0.717, 1.165) is 11.1 Å². The quantitative estimate of drug-likeness (QED) is 0.281. The highest BCUT2D eigenvalue weighted by Gasteiger charge is 2.25. The van der Waals surface area contributed by atoms with Gasteiger partial charge in [-0.3, -0.25) is 9.59 Å². The largest absolute Gasteiger partial charge is 0.485 e. The lowest BCUT2D eigenvalue weighted by atomic mass is 10.0. The van der Waals surface area contributed by atoms with Crippen LogP contribution in [0.25, 0.3) is 0 Å². The van der Waals surface area contributed by atoms with Crippen molar-refractivity contribution < 1.29 is 32.2 Å². The predicted octanol–water partition coefficient (Wildman–Crippen LogP) is 5.09. The number of nitrogens with two attached hydrogens (primary N) is 1. The molecule has 6 nitrogen and oxygen atoms in total. The molecular formula is C30H25F3N2O4. The molecule has 0 unspecified atom stereocenters. The lowest BCUT2D eigenvalue weighted by molar-refractivity contribution is -0.119. The summed E-state index contributed by atoms with van der Waals surface area (Å²) in [4.78, 5) is 24.7. The predicted molar refractivity (Wildman–Crippen MR) is 138 cm³/mol. The average molecular weight is 535 g/mol. The fourth-order valence-corrected chi connectivity index (χ4v) is 3.83. The first-order chi connectivity index (χ1) is 18.8. The number of halogens is 3. The number of amides is 2. The number of carbonyl (C=O) groups excluding carboxylic acids is 2. The summed E-state index contributed by atoms with van der Waals surface area (Å²) in [6.07, 6.45) is -0.105. The molecule has 4 aromatic rings. The van der Waals surface area contributed by atoms with E-state index in [-0.39, 0.29) is 19.6 Å². The van der Waals surface area contributed by atoms with Gasteiger partial charge in [-0.05, 0) is 28.8 Å². The number of hydrogen-bond donors (Lipinski definition) is 2. The van der Waals surface area contributed by atoms with Crippen LogP contribution in [0.2, 0.25) is 0 Å². The highest BCUT2D eigenvalue weighted by atomic mass is 19.1. The summed E-state index contributed by atoms with van der Waals surface area (Å²) in [5, 5.41) is 2.23. The fourth-order valence-electron chi connectivity index (χ4n) is 3.83. The molecule has 0 aliphatic heterocycles. The van der Waals surface area contributed by atoms with Crippen molar-refractivity contribution in [2.75, 3.05) is 0 Å². The molecule has 0 radical (unpaired) electrons. The van der Waals surface area contributed by atoms with E-state index >= 15 is 0 Å². The SMILES string of the molecule is NC(=O)[C@H](Cc1ccc(OCc2ccccc2)c(OCc2ccccc2)c1)NC(=O)c1c(F)cc(F)cc1F. The lowest BCUT2D eigenvalue weighted by Gasteiger charge is -2.18. The average Bonchev–Trinajstić information content (AvgIpc) is 2.91. The van der Waals surface area contributed by atoms with Crippen molar-refractivity contribution in [1.82, 2.24) is 5.32 Å². The van der Waals surface area contributed by atoms with E-state index < -0.39 is 40.9 Å². The Kier molecular flexibility index (Phi) is 8.83. The van der Waals surface area contributed by atoms with Gasteiger partial charge in [-0.2, -0.15) is 0 Å². The minimum Gasteiger partial charge on any atom is -0.485 e. The Morgan fingerprint density at radius 1 is 0.718 bits per heavy atom. The Labute approximate surface area is 223 Å². The van der Waals surface area contributed by atoms with Gasteiger partial charge in [0.25, 0.3) is 5.91 Å². The van der Waals surface area contributed by atoms with Gasteiger partial charge in [0.05, 0.1) is 0 Å². The zero-order valence-corrected chi connectivity index (χ0v) is 20.7. The third-order valence-corrected chi connectivity index (χ3v) is 5.80. The van der Waals surface area contributed by atoms with Crippen LogP contribution < -0.4 is 20.5 Å². The molecule has 200 valence electrons. The van der Waals surface area contributed by atoms with E-state index in [4.69, 9.17) is 15.2 Å². The molecule has 0 saturated carbocycles. The van der Waals surface area contributed by atoms with E-state index in [9.17, 15) is 22.8 Å². The number of benzene rings is 4. The van der Waals surface area contributed by atoms with Crippen LogP contribution >= 0.6 is 0 Å². The minimum atomic E-state index is -1.40. The van der Waals surface area contributed by atoms with Gasteiger partial charge in [0.15, 0.2) is 11.5 Å². The molecule has 0 fully saturated rings. The van der Waals surface area contributed by atoms with Gasteiger partial charge >= 0.3 is 0 Å². The summed E-state index contributed by atoms with van der Waals surface area (Å²) in [5.74, 6) is -5.30. The Bertz CT molecular complexity index is 1430. The summed E-state index contributed by atoms with van der Waals surface area (Å²) >= 11 is 0. The lowest BCUT2D eigenvalue weighted by Crippen LogP contribution is -2.46. The van der Waals surface area contributed by atoms with E-state index in [1.165, 1.54) is 0 Å². The van der Waals surface area contributed by atoms with Crippen molar-refractivity contribution >= 4 is 11.8 Å². The number of ether oxygens (including phenoxy) is 2. The van der Waals surface area contributed by atoms with Gasteiger partial charge in [0.2, 0.25) is 5.91 Å². The molecule has 4 aromatic carbocycles. The number of hydrogen-bond acceptors (Lipinski definition) is 4. The fraction of sp³-hybridized carbons (Fsp3) is 0.133. The van der Waals surface area contributed by atoms with Crippen LogP contribution in [0.15, 0.2) is 91.0 Å². The Morgan fingerprint density at radius 2 is 1.26 bits per heavy atom. The maximum atomic E-state index is 14.1. The molecule has 0 spiro atoms. The molecule has 0 aliphatic carbocycles. The molecule has 3 N–H and O–H groups in total. The van der Waals surface area contributed by atoms with Crippen molar-refractivity contribution in [3.05, 3.63) is 131 Å². The van der Waals surface area contributed by atoms with E-state index in [0.29, 0.717) is 29.2 Å².